The lowest BCUT2D eigenvalue weighted by atomic mass is 9.76. The molecule has 2 aromatic rings. The number of halogens is 2. The van der Waals surface area contributed by atoms with Gasteiger partial charge in [0.2, 0.25) is 0 Å². The molecule has 0 aliphatic heterocycles. The Morgan fingerprint density at radius 3 is 1.87 bits per heavy atom. The fourth-order valence-corrected chi connectivity index (χ4v) is 6.39. The highest BCUT2D eigenvalue weighted by Gasteiger charge is 2.24. The molecule has 2 fully saturated rings. The number of hydrogen-bond donors (Lipinski definition) is 0. The van der Waals surface area contributed by atoms with E-state index in [1.165, 1.54) is 61.8 Å². The molecule has 0 aromatic heterocycles. The monoisotopic (exact) mass is 519 g/mol. The Bertz CT molecular complexity index is 1050. The molecule has 2 saturated carbocycles. The summed E-state index contributed by atoms with van der Waals surface area (Å²) in [5.74, 6) is 0.217. The maximum atomic E-state index is 14.0. The third kappa shape index (κ3) is 8.24. The number of benzene rings is 2. The zero-order chi connectivity index (χ0) is 26.7. The third-order valence-electron chi connectivity index (χ3n) is 8.87. The number of ether oxygens (including phenoxy) is 1. The summed E-state index contributed by atoms with van der Waals surface area (Å²) in [6.45, 7) is 2.91. The second-order valence-corrected chi connectivity index (χ2v) is 11.5. The topological polar surface area (TPSA) is 33.0 Å². The lowest BCUT2D eigenvalue weighted by Gasteiger charge is -2.29. The highest BCUT2D eigenvalue weighted by molar-refractivity contribution is 5.36. The molecule has 4 rings (SSSR count). The molecule has 0 heterocycles. The average Bonchev–Trinajstić information content (AvgIpc) is 2.94. The summed E-state index contributed by atoms with van der Waals surface area (Å²) < 4.78 is 34.1. The Morgan fingerprint density at radius 1 is 0.842 bits per heavy atom. The molecule has 0 N–H and O–H groups in total. The first-order valence-electron chi connectivity index (χ1n) is 14.7. The van der Waals surface area contributed by atoms with E-state index in [9.17, 15) is 8.78 Å². The van der Waals surface area contributed by atoms with Crippen molar-refractivity contribution in [2.75, 3.05) is 6.61 Å². The first kappa shape index (κ1) is 28.5. The predicted molar refractivity (Wildman–Crippen MR) is 150 cm³/mol. The van der Waals surface area contributed by atoms with Crippen molar-refractivity contribution in [3.05, 3.63) is 82.4 Å². The zero-order valence-electron chi connectivity index (χ0n) is 22.9. The van der Waals surface area contributed by atoms with Gasteiger partial charge in [-0.1, -0.05) is 36.4 Å². The molecule has 204 valence electrons. The minimum absolute atomic E-state index is 0.188. The van der Waals surface area contributed by atoms with Gasteiger partial charge in [0, 0.05) is 0 Å². The predicted octanol–water partition coefficient (Wildman–Crippen LogP) is 9.22. The Kier molecular flexibility index (Phi) is 10.9. The second-order valence-electron chi connectivity index (χ2n) is 11.5. The molecular formula is C34H43F2NO. The molecule has 2 aliphatic rings. The van der Waals surface area contributed by atoms with Crippen LogP contribution in [0.1, 0.15) is 106 Å². The molecular weight excluding hydrogens is 476 g/mol. The molecule has 0 unspecified atom stereocenters. The summed E-state index contributed by atoms with van der Waals surface area (Å²) in [6.07, 6.45) is 19.6. The Balaban J connectivity index is 1.13. The van der Waals surface area contributed by atoms with Crippen LogP contribution in [0.5, 0.6) is 0 Å². The molecule has 2 nitrogen and oxygen atoms in total. The summed E-state index contributed by atoms with van der Waals surface area (Å²) in [5.41, 5.74) is 3.08. The third-order valence-corrected chi connectivity index (χ3v) is 8.87. The van der Waals surface area contributed by atoms with Gasteiger partial charge in [-0.05, 0) is 137 Å². The number of nitriles is 1. The molecule has 2 aliphatic carbocycles. The number of hydrogen-bond acceptors (Lipinski definition) is 2. The summed E-state index contributed by atoms with van der Waals surface area (Å²) >= 11 is 0. The van der Waals surface area contributed by atoms with Crippen molar-refractivity contribution in [1.82, 2.24) is 0 Å². The summed E-state index contributed by atoms with van der Waals surface area (Å²) in [6, 6.07) is 13.6. The van der Waals surface area contributed by atoms with Crippen molar-refractivity contribution in [3.8, 4) is 6.07 Å². The first-order chi connectivity index (χ1) is 18.6. The smallest absolute Gasteiger partial charge is 0.144 e. The van der Waals surface area contributed by atoms with Crippen LogP contribution in [0.25, 0.3) is 0 Å². The lowest BCUT2D eigenvalue weighted by Crippen LogP contribution is -2.22. The van der Waals surface area contributed by atoms with Crippen molar-refractivity contribution in [2.24, 2.45) is 11.8 Å². The largest absolute Gasteiger partial charge is 0.378 e. The fourth-order valence-electron chi connectivity index (χ4n) is 6.39. The van der Waals surface area contributed by atoms with Crippen LogP contribution in [0.2, 0.25) is 0 Å². The van der Waals surface area contributed by atoms with Crippen LogP contribution >= 0.6 is 0 Å². The van der Waals surface area contributed by atoms with Gasteiger partial charge in [0.05, 0.1) is 12.7 Å². The van der Waals surface area contributed by atoms with Gasteiger partial charge in [-0.25, -0.2) is 8.78 Å². The first-order valence-corrected chi connectivity index (χ1v) is 14.7. The molecule has 0 amide bonds. The van der Waals surface area contributed by atoms with Gasteiger partial charge < -0.3 is 4.74 Å². The minimum atomic E-state index is -0.735. The Morgan fingerprint density at radius 2 is 1.37 bits per heavy atom. The van der Waals surface area contributed by atoms with Gasteiger partial charge in [-0.15, -0.1) is 0 Å². The highest BCUT2D eigenvalue weighted by Crippen LogP contribution is 2.38. The molecule has 0 saturated heterocycles. The number of rotatable bonds is 11. The van der Waals surface area contributed by atoms with Gasteiger partial charge in [0.1, 0.15) is 23.3 Å². The van der Waals surface area contributed by atoms with Gasteiger partial charge in [0.15, 0.2) is 0 Å². The fraction of sp³-hybridized carbons (Fsp3) is 0.559. The van der Waals surface area contributed by atoms with Crippen LogP contribution in [-0.2, 0) is 17.6 Å². The van der Waals surface area contributed by atoms with Crippen LogP contribution < -0.4 is 0 Å². The standard InChI is InChI=1S/C34H43F2NO/c1-2-3-4-21-38-31-19-15-28(16-20-31)12-10-26-7-5-25(6-8-26)9-11-27-13-17-29(18-14-27)30-22-33(35)32(24-37)34(36)23-30/h2-3,5-8,22-23,27-29,31H,4,9-21H2,1H3/b3-2+. The summed E-state index contributed by atoms with van der Waals surface area (Å²) in [5, 5.41) is 8.89. The number of nitrogens with zero attached hydrogens (tertiary/aromatic N) is 1. The van der Waals surface area contributed by atoms with E-state index < -0.39 is 17.2 Å². The van der Waals surface area contributed by atoms with Gasteiger partial charge in [-0.3, -0.25) is 0 Å². The van der Waals surface area contributed by atoms with E-state index in [0.29, 0.717) is 17.6 Å². The van der Waals surface area contributed by atoms with Crippen LogP contribution in [0.4, 0.5) is 8.78 Å². The van der Waals surface area contributed by atoms with E-state index in [-0.39, 0.29) is 5.92 Å². The normalized spacial score (nSPS) is 23.9. The molecule has 0 radical (unpaired) electrons. The SMILES string of the molecule is C/C=C/CCOC1CCC(CCc2ccc(CCC3CCC(c4cc(F)c(C#N)c(F)c4)CC3)cc2)CC1. The molecule has 0 spiro atoms. The van der Waals surface area contributed by atoms with Gasteiger partial charge in [0.25, 0.3) is 0 Å². The average molecular weight is 520 g/mol. The van der Waals surface area contributed by atoms with E-state index >= 15 is 0 Å². The summed E-state index contributed by atoms with van der Waals surface area (Å²) in [4.78, 5) is 0. The van der Waals surface area contributed by atoms with Crippen LogP contribution in [0, 0.1) is 34.8 Å². The zero-order valence-corrected chi connectivity index (χ0v) is 22.9. The quantitative estimate of drug-likeness (QED) is 0.219. The van der Waals surface area contributed by atoms with Gasteiger partial charge >= 0.3 is 0 Å². The summed E-state index contributed by atoms with van der Waals surface area (Å²) in [7, 11) is 0. The second kappa shape index (κ2) is 14.6. The Hall–Kier alpha value is -2.51. The highest BCUT2D eigenvalue weighted by atomic mass is 19.1. The maximum Gasteiger partial charge on any atom is 0.144 e. The molecule has 4 heteroatoms. The van der Waals surface area contributed by atoms with E-state index in [0.717, 1.165) is 57.5 Å². The van der Waals surface area contributed by atoms with Crippen LogP contribution in [0.15, 0.2) is 48.6 Å². The van der Waals surface area contributed by atoms with Gasteiger partial charge in [-0.2, -0.15) is 5.26 Å². The van der Waals surface area contributed by atoms with E-state index in [4.69, 9.17) is 10.00 Å². The van der Waals surface area contributed by atoms with Crippen molar-refractivity contribution in [1.29, 1.82) is 5.26 Å². The molecule has 38 heavy (non-hydrogen) atoms. The van der Waals surface area contributed by atoms with E-state index in [1.807, 2.05) is 0 Å². The van der Waals surface area contributed by atoms with Crippen molar-refractivity contribution < 1.29 is 13.5 Å². The molecule has 2 aromatic carbocycles. The van der Waals surface area contributed by atoms with E-state index in [2.05, 4.69) is 43.3 Å². The number of allylic oxidation sites excluding steroid dienone is 1. The molecule has 0 bridgehead atoms. The molecule has 0 atom stereocenters. The maximum absolute atomic E-state index is 14.0. The Labute approximate surface area is 228 Å². The lowest BCUT2D eigenvalue weighted by molar-refractivity contribution is 0.0198. The van der Waals surface area contributed by atoms with Crippen molar-refractivity contribution in [2.45, 2.75) is 102 Å². The van der Waals surface area contributed by atoms with Crippen molar-refractivity contribution >= 4 is 0 Å². The van der Waals surface area contributed by atoms with Crippen molar-refractivity contribution in [3.63, 3.8) is 0 Å². The van der Waals surface area contributed by atoms with Crippen LogP contribution in [0.3, 0.4) is 0 Å². The minimum Gasteiger partial charge on any atom is -0.378 e. The van der Waals surface area contributed by atoms with Crippen LogP contribution in [-0.4, -0.2) is 12.7 Å². The number of aryl methyl sites for hydroxylation is 2. The van der Waals surface area contributed by atoms with E-state index in [1.54, 1.807) is 6.07 Å².